The van der Waals surface area contributed by atoms with Crippen LogP contribution in [0, 0.1) is 17.8 Å². The molecule has 0 bridgehead atoms. The molecule has 91 heavy (non-hydrogen) atoms. The summed E-state index contributed by atoms with van der Waals surface area (Å²) >= 11 is 0. The first-order chi connectivity index (χ1) is 42.7. The fraction of sp³-hybridized carbons (Fsp3) is 0.867. The molecule has 0 radical (unpaired) electrons. The SMILES string of the molecule is CO[C@@H]1[C@@H](O[C@@H]2O[C@H](C)[C@@H](O[C@H]3C[C@@](C)(O)[C@@H](OC(=O)CC(C)C)[C@H](C)O3)[C@H](N(C)C)[C@H]2O)[C@@H](CC=O)C[C@@H](C)[C@@H](O)/C=C/C=C/C[C@@H](C)OC(=O)C[C@H]1OC(C)=O.NC[C@H]1O[C@H](O[C@H]2[C@H](O)[C@@H](O[C@H]3O[C@H](CO)[C@@H](O)[C@H](N)[C@H]3O)[C@H](N)C[C@@H]2N)[C@H](O)[C@@H](O)[C@@H]1O. The number of nitrogens with zero attached hydrogens (tertiary/aromatic N) is 1. The number of likely N-dealkylation sites (N-methyl/N-ethyl adjacent to an activating group) is 1. The second kappa shape index (κ2) is 35.6. The highest BCUT2D eigenvalue weighted by Gasteiger charge is 2.55. The molecule has 0 aromatic heterocycles. The number of aliphatic hydroxyl groups is 10. The van der Waals surface area contributed by atoms with E-state index in [9.17, 15) is 70.2 Å². The van der Waals surface area contributed by atoms with E-state index in [1.54, 1.807) is 71.0 Å². The van der Waals surface area contributed by atoms with Crippen molar-refractivity contribution in [1.29, 1.82) is 0 Å². The zero-order chi connectivity index (χ0) is 68.1. The number of hydrogen-bond acceptors (Lipinski definition) is 31. The monoisotopic (exact) mass is 1310 g/mol. The molecule has 6 aliphatic rings. The molecule has 5 heterocycles. The summed E-state index contributed by atoms with van der Waals surface area (Å²) in [5, 5.41) is 105. The zero-order valence-corrected chi connectivity index (χ0v) is 53.9. The maximum atomic E-state index is 13.2. The Morgan fingerprint density at radius 1 is 0.747 bits per heavy atom. The van der Waals surface area contributed by atoms with E-state index in [-0.39, 0.29) is 44.6 Å². The summed E-state index contributed by atoms with van der Waals surface area (Å²) in [6.45, 7) is 12.8. The Labute approximate surface area is 531 Å². The van der Waals surface area contributed by atoms with Crippen molar-refractivity contribution in [3.05, 3.63) is 24.3 Å². The molecule has 0 unspecified atom stereocenters. The summed E-state index contributed by atoms with van der Waals surface area (Å²) < 4.78 is 70.7. The number of esters is 3. The number of aldehydes is 1. The van der Waals surface area contributed by atoms with Gasteiger partial charge in [-0.2, -0.15) is 0 Å². The van der Waals surface area contributed by atoms with Crippen LogP contribution in [0.5, 0.6) is 0 Å². The average molecular weight is 1310 g/mol. The number of allylic oxidation sites excluding steroid dienone is 2. The molecule has 1 aliphatic carbocycles. The van der Waals surface area contributed by atoms with Gasteiger partial charge in [-0.3, -0.25) is 14.4 Å². The fourth-order valence-electron chi connectivity index (χ4n) is 12.5. The van der Waals surface area contributed by atoms with Gasteiger partial charge in [-0.15, -0.1) is 0 Å². The van der Waals surface area contributed by atoms with Gasteiger partial charge in [0.1, 0.15) is 103 Å². The second-order valence-corrected chi connectivity index (χ2v) is 25.8. The predicted molar refractivity (Wildman–Crippen MR) is 318 cm³/mol. The normalized spacial score (nSPS) is 45.4. The lowest BCUT2D eigenvalue weighted by atomic mass is 9.82. The summed E-state index contributed by atoms with van der Waals surface area (Å²) in [6, 6.07) is -3.64. The van der Waals surface area contributed by atoms with E-state index < -0.39 is 220 Å². The number of carbonyl (C=O) groups excluding carboxylic acids is 4. The standard InChI is InChI=1S/C42H69NO15.C18H36N4O11/c1-23(2)19-32(47)56-40-27(6)53-34(22-42(40,8)50)57-37-26(5)54-41(36(49)35(37)43(9)10)58-38-29(17-18-44)20-24(3)30(46)16-14-12-13-15-25(4)52-33(48)21-31(39(38)51-11)55-28(7)45;19-2-6-10(25)12(27)13(28)18(30-6)33-16-5(21)1-4(20)15(14(16)29)32-17-11(26)8(22)9(24)7(3-23)31-17/h12-14,16,18,23-27,29-31,34-41,46,49-50H,15,17,19-22H2,1-11H3;4-18,23-29H,1-3,19-22H2/b13-12+,16-14+;/t24-,25-,26-,27+,29+,30+,31-,34+,35-,36-,37-,38+,39+,40+,41+,42-;4-,5+,6-,7-,8+,9-,10-,11-,12+,13-,14-,15+,16-,17-,18-/m11/s1. The predicted octanol–water partition coefficient (Wildman–Crippen LogP) is -4.28. The number of hydrogen-bond donors (Lipinski definition) is 14. The molecular weight excluding hydrogens is 1210 g/mol. The highest BCUT2D eigenvalue weighted by molar-refractivity contribution is 5.72. The molecule has 5 fully saturated rings. The van der Waals surface area contributed by atoms with Crippen molar-refractivity contribution < 1.29 is 127 Å². The number of aliphatic hydroxyl groups excluding tert-OH is 9. The van der Waals surface area contributed by atoms with Crippen molar-refractivity contribution in [2.45, 2.75) is 277 Å². The molecule has 0 aromatic carbocycles. The van der Waals surface area contributed by atoms with E-state index in [2.05, 4.69) is 0 Å². The lowest BCUT2D eigenvalue weighted by Crippen LogP contribution is -2.68. The second-order valence-electron chi connectivity index (χ2n) is 25.8. The van der Waals surface area contributed by atoms with Crippen molar-refractivity contribution in [3.63, 3.8) is 0 Å². The Kier molecular flexibility index (Phi) is 30.6. The van der Waals surface area contributed by atoms with Crippen molar-refractivity contribution in [3.8, 4) is 0 Å². The van der Waals surface area contributed by atoms with Crippen molar-refractivity contribution in [1.82, 2.24) is 4.90 Å². The summed E-state index contributed by atoms with van der Waals surface area (Å²) in [7, 11) is 4.86. The van der Waals surface area contributed by atoms with Gasteiger partial charge in [-0.25, -0.2) is 0 Å². The van der Waals surface area contributed by atoms with Crippen LogP contribution in [0.3, 0.4) is 0 Å². The van der Waals surface area contributed by atoms with Crippen LogP contribution in [-0.2, 0) is 76.0 Å². The van der Waals surface area contributed by atoms with E-state index >= 15 is 0 Å². The van der Waals surface area contributed by atoms with Crippen molar-refractivity contribution >= 4 is 24.2 Å². The van der Waals surface area contributed by atoms with Gasteiger partial charge in [0.15, 0.2) is 31.3 Å². The molecule has 0 aromatic rings. The van der Waals surface area contributed by atoms with E-state index in [0.29, 0.717) is 12.7 Å². The topological polar surface area (TPSA) is 489 Å². The summed E-state index contributed by atoms with van der Waals surface area (Å²) in [5.41, 5.74) is 22.0. The zero-order valence-electron chi connectivity index (χ0n) is 53.9. The minimum atomic E-state index is -1.66. The van der Waals surface area contributed by atoms with Crippen LogP contribution in [0.25, 0.3) is 0 Å². The summed E-state index contributed by atoms with van der Waals surface area (Å²) in [5.74, 6) is -2.82. The number of rotatable bonds is 18. The summed E-state index contributed by atoms with van der Waals surface area (Å²) in [6.07, 6.45) is -20.6. The molecule has 6 rings (SSSR count). The van der Waals surface area contributed by atoms with Gasteiger partial charge in [0.05, 0.1) is 49.5 Å². The number of ether oxygens (including phenoxy) is 12. The highest BCUT2D eigenvalue weighted by atomic mass is 16.7. The van der Waals surface area contributed by atoms with E-state index in [0.717, 1.165) is 0 Å². The van der Waals surface area contributed by atoms with Gasteiger partial charge in [0, 0.05) is 58.3 Å². The smallest absolute Gasteiger partial charge is 0.309 e. The average Bonchev–Trinajstić information content (AvgIpc) is 0.803. The first-order valence-corrected chi connectivity index (χ1v) is 31.2. The maximum Gasteiger partial charge on any atom is 0.309 e. The van der Waals surface area contributed by atoms with Crippen LogP contribution in [-0.4, -0.2) is 292 Å². The van der Waals surface area contributed by atoms with Crippen molar-refractivity contribution in [2.24, 2.45) is 40.7 Å². The maximum absolute atomic E-state index is 13.2. The molecule has 0 amide bonds. The van der Waals surface area contributed by atoms with E-state index in [1.807, 2.05) is 20.8 Å². The quantitative estimate of drug-likeness (QED) is 0.0351. The van der Waals surface area contributed by atoms with Gasteiger partial charge in [0.2, 0.25) is 0 Å². The van der Waals surface area contributed by atoms with Crippen LogP contribution >= 0.6 is 0 Å². The Hall–Kier alpha value is -3.40. The van der Waals surface area contributed by atoms with Crippen LogP contribution in [0.2, 0.25) is 0 Å². The molecule has 5 aliphatic heterocycles. The Bertz CT molecular complexity index is 2260. The minimum Gasteiger partial charge on any atom is -0.462 e. The third-order valence-corrected chi connectivity index (χ3v) is 17.4. The molecule has 1 saturated carbocycles. The van der Waals surface area contributed by atoms with Gasteiger partial charge in [-0.1, -0.05) is 45.1 Å². The van der Waals surface area contributed by atoms with Crippen LogP contribution in [0.1, 0.15) is 100 Å². The van der Waals surface area contributed by atoms with Gasteiger partial charge in [-0.05, 0) is 72.4 Å². The largest absolute Gasteiger partial charge is 0.462 e. The van der Waals surface area contributed by atoms with Crippen molar-refractivity contribution in [2.75, 3.05) is 34.4 Å². The lowest BCUT2D eigenvalue weighted by Gasteiger charge is -2.50. The minimum absolute atomic E-state index is 0.0460. The Balaban J connectivity index is 0.000000383. The molecule has 31 atom stereocenters. The van der Waals surface area contributed by atoms with Gasteiger partial charge < -0.3 is 141 Å². The molecular formula is C60H105N5O26. The third-order valence-electron chi connectivity index (χ3n) is 17.4. The molecule has 0 spiro atoms. The molecule has 31 nitrogen and oxygen atoms in total. The molecule has 4 saturated heterocycles. The Morgan fingerprint density at radius 2 is 1.35 bits per heavy atom. The summed E-state index contributed by atoms with van der Waals surface area (Å²) in [4.78, 5) is 52.3. The number of nitrogens with two attached hydrogens (primary N) is 4. The third kappa shape index (κ3) is 20.8. The Morgan fingerprint density at radius 3 is 1.91 bits per heavy atom. The fourth-order valence-corrected chi connectivity index (χ4v) is 12.5. The number of cyclic esters (lactones) is 1. The number of carbonyl (C=O) groups is 4. The van der Waals surface area contributed by atoms with Crippen LogP contribution in [0.4, 0.5) is 0 Å². The number of methoxy groups -OCH3 is 1. The first-order valence-electron chi connectivity index (χ1n) is 31.2. The first kappa shape index (κ1) is 78.3. The molecule has 526 valence electrons. The van der Waals surface area contributed by atoms with E-state index in [1.165, 1.54) is 14.0 Å². The van der Waals surface area contributed by atoms with E-state index in [4.69, 9.17) is 79.8 Å². The lowest BCUT2D eigenvalue weighted by molar-refractivity contribution is -0.344. The highest BCUT2D eigenvalue weighted by Crippen LogP contribution is 2.39. The van der Waals surface area contributed by atoms with Gasteiger partial charge in [0.25, 0.3) is 0 Å². The van der Waals surface area contributed by atoms with Gasteiger partial charge >= 0.3 is 17.9 Å². The molecule has 18 N–H and O–H groups in total. The van der Waals surface area contributed by atoms with Crippen LogP contribution < -0.4 is 22.9 Å². The molecule has 31 heteroatoms. The van der Waals surface area contributed by atoms with Crippen LogP contribution in [0.15, 0.2) is 24.3 Å².